The van der Waals surface area contributed by atoms with Gasteiger partial charge in [0.1, 0.15) is 5.75 Å². The number of nitrogens with one attached hydrogen (secondary N) is 2. The molecule has 1 aliphatic heterocycles. The number of rotatable bonds is 8. The summed E-state index contributed by atoms with van der Waals surface area (Å²) in [5.74, 6) is 0.424. The fraction of sp³-hybridized carbons (Fsp3) is 0.280. The number of ether oxygens (including phenoxy) is 2. The van der Waals surface area contributed by atoms with Crippen LogP contribution in [0.15, 0.2) is 66.0 Å². The van der Waals surface area contributed by atoms with E-state index < -0.39 is 0 Å². The fourth-order valence-electron chi connectivity index (χ4n) is 3.80. The summed E-state index contributed by atoms with van der Waals surface area (Å²) in [4.78, 5) is 28.2. The summed E-state index contributed by atoms with van der Waals surface area (Å²) in [6, 6.07) is 18.5. The normalized spacial score (nSPS) is 14.9. The Morgan fingerprint density at radius 1 is 1.06 bits per heavy atom. The smallest absolute Gasteiger partial charge is 0.265 e. The maximum absolute atomic E-state index is 12.9. The molecule has 8 heteroatoms. The highest BCUT2D eigenvalue weighted by atomic mass is 32.1. The van der Waals surface area contributed by atoms with Crippen LogP contribution in [0.4, 0.5) is 5.69 Å². The van der Waals surface area contributed by atoms with E-state index in [-0.39, 0.29) is 17.9 Å². The molecule has 7 nitrogen and oxygen atoms in total. The second kappa shape index (κ2) is 11.1. The topological polar surface area (TPSA) is 79.9 Å². The average molecular weight is 466 g/mol. The summed E-state index contributed by atoms with van der Waals surface area (Å²) < 4.78 is 10.8. The van der Waals surface area contributed by atoms with Gasteiger partial charge in [-0.1, -0.05) is 24.3 Å². The molecule has 1 aromatic heterocycles. The number of nitrogens with zero attached hydrogens (tertiary/aromatic N) is 1. The van der Waals surface area contributed by atoms with E-state index >= 15 is 0 Å². The van der Waals surface area contributed by atoms with Crippen LogP contribution >= 0.6 is 11.3 Å². The first-order chi connectivity index (χ1) is 16.1. The number of carbonyl (C=O) groups excluding carboxylic acids is 2. The summed E-state index contributed by atoms with van der Waals surface area (Å²) in [5.41, 5.74) is 2.19. The molecule has 0 aliphatic carbocycles. The maximum atomic E-state index is 12.9. The molecule has 0 spiro atoms. The van der Waals surface area contributed by atoms with Gasteiger partial charge in [-0.2, -0.15) is 0 Å². The van der Waals surface area contributed by atoms with Crippen LogP contribution in [-0.2, 0) is 4.74 Å². The minimum atomic E-state index is -0.186. The second-order valence-corrected chi connectivity index (χ2v) is 8.61. The predicted octanol–water partition coefficient (Wildman–Crippen LogP) is 3.81. The summed E-state index contributed by atoms with van der Waals surface area (Å²) in [6.45, 7) is 3.41. The lowest BCUT2D eigenvalue weighted by atomic mass is 10.0. The van der Waals surface area contributed by atoms with E-state index in [4.69, 9.17) is 9.47 Å². The van der Waals surface area contributed by atoms with Gasteiger partial charge in [-0.3, -0.25) is 14.5 Å². The number of thiophene rings is 1. The molecule has 1 atom stereocenters. The average Bonchev–Trinajstić information content (AvgIpc) is 3.41. The molecule has 1 aliphatic rings. The number of benzene rings is 2. The van der Waals surface area contributed by atoms with Gasteiger partial charge in [0.05, 0.1) is 31.2 Å². The van der Waals surface area contributed by atoms with Crippen molar-refractivity contribution >= 4 is 28.8 Å². The lowest BCUT2D eigenvalue weighted by Crippen LogP contribution is -2.43. The Labute approximate surface area is 197 Å². The summed E-state index contributed by atoms with van der Waals surface area (Å²) in [7, 11) is 1.64. The van der Waals surface area contributed by atoms with Gasteiger partial charge in [0, 0.05) is 30.9 Å². The van der Waals surface area contributed by atoms with E-state index in [0.717, 1.165) is 24.4 Å². The highest BCUT2D eigenvalue weighted by Crippen LogP contribution is 2.24. The van der Waals surface area contributed by atoms with Gasteiger partial charge in [0.25, 0.3) is 11.8 Å². The molecule has 3 aromatic rings. The molecule has 0 radical (unpaired) electrons. The van der Waals surface area contributed by atoms with Crippen molar-refractivity contribution in [1.82, 2.24) is 10.2 Å². The Bertz CT molecular complexity index is 1060. The zero-order valence-electron chi connectivity index (χ0n) is 18.5. The van der Waals surface area contributed by atoms with Gasteiger partial charge in [-0.05, 0) is 47.3 Å². The van der Waals surface area contributed by atoms with Gasteiger partial charge in [0.15, 0.2) is 0 Å². The molecule has 2 amide bonds. The molecule has 33 heavy (non-hydrogen) atoms. The summed E-state index contributed by atoms with van der Waals surface area (Å²) >= 11 is 1.37. The van der Waals surface area contributed by atoms with Gasteiger partial charge in [-0.15, -0.1) is 11.3 Å². The van der Waals surface area contributed by atoms with Crippen LogP contribution in [0.5, 0.6) is 5.75 Å². The van der Waals surface area contributed by atoms with Crippen molar-refractivity contribution in [3.63, 3.8) is 0 Å². The van der Waals surface area contributed by atoms with Gasteiger partial charge < -0.3 is 20.1 Å². The standard InChI is InChI=1S/C25H27N3O4S/c1-31-21-9-7-18(8-10-21)22(28-11-13-32-14-12-28)17-26-24(29)19-4-2-5-20(16-19)27-25(30)23-6-3-15-33-23/h2-10,15-16,22H,11-14,17H2,1H3,(H,26,29)(H,27,30)/t22-/m1/s1. The highest BCUT2D eigenvalue weighted by Gasteiger charge is 2.23. The van der Waals surface area contributed by atoms with Crippen molar-refractivity contribution in [2.75, 3.05) is 45.3 Å². The largest absolute Gasteiger partial charge is 0.497 e. The van der Waals surface area contributed by atoms with Gasteiger partial charge in [-0.25, -0.2) is 0 Å². The Kier molecular flexibility index (Phi) is 7.72. The van der Waals surface area contributed by atoms with Crippen LogP contribution in [0.2, 0.25) is 0 Å². The first-order valence-electron chi connectivity index (χ1n) is 10.8. The van der Waals surface area contributed by atoms with E-state index in [1.807, 2.05) is 35.7 Å². The van der Waals surface area contributed by atoms with Crippen molar-refractivity contribution in [3.05, 3.63) is 82.0 Å². The van der Waals surface area contributed by atoms with Crippen LogP contribution in [0, 0.1) is 0 Å². The summed E-state index contributed by atoms with van der Waals surface area (Å²) in [5, 5.41) is 7.77. The molecular formula is C25H27N3O4S. The number of hydrogen-bond donors (Lipinski definition) is 2. The molecule has 2 aromatic carbocycles. The quantitative estimate of drug-likeness (QED) is 0.529. The number of anilines is 1. The van der Waals surface area contributed by atoms with E-state index in [1.165, 1.54) is 11.3 Å². The Morgan fingerprint density at radius 2 is 1.85 bits per heavy atom. The van der Waals surface area contributed by atoms with Crippen LogP contribution in [0.3, 0.4) is 0 Å². The number of carbonyl (C=O) groups is 2. The molecular weight excluding hydrogens is 438 g/mol. The Hall–Kier alpha value is -3.20. The van der Waals surface area contributed by atoms with Crippen LogP contribution in [0.1, 0.15) is 31.6 Å². The van der Waals surface area contributed by atoms with E-state index in [9.17, 15) is 9.59 Å². The second-order valence-electron chi connectivity index (χ2n) is 7.66. The van der Waals surface area contributed by atoms with Gasteiger partial charge >= 0.3 is 0 Å². The van der Waals surface area contributed by atoms with Crippen molar-refractivity contribution in [3.8, 4) is 5.75 Å². The predicted molar refractivity (Wildman–Crippen MR) is 129 cm³/mol. The number of hydrogen-bond acceptors (Lipinski definition) is 6. The zero-order chi connectivity index (χ0) is 23.0. The first-order valence-corrected chi connectivity index (χ1v) is 11.7. The molecule has 4 rings (SSSR count). The lowest BCUT2D eigenvalue weighted by molar-refractivity contribution is 0.0162. The number of methoxy groups -OCH3 is 1. The minimum Gasteiger partial charge on any atom is -0.497 e. The summed E-state index contributed by atoms with van der Waals surface area (Å²) in [6.07, 6.45) is 0. The van der Waals surface area contributed by atoms with Crippen LogP contribution in [-0.4, -0.2) is 56.7 Å². The highest BCUT2D eigenvalue weighted by molar-refractivity contribution is 7.12. The Balaban J connectivity index is 1.43. The number of amides is 2. The zero-order valence-corrected chi connectivity index (χ0v) is 19.3. The first kappa shape index (κ1) is 23.0. The van der Waals surface area contributed by atoms with E-state index in [2.05, 4.69) is 15.5 Å². The van der Waals surface area contributed by atoms with Crippen molar-refractivity contribution in [1.29, 1.82) is 0 Å². The van der Waals surface area contributed by atoms with Crippen molar-refractivity contribution in [2.24, 2.45) is 0 Å². The van der Waals surface area contributed by atoms with Crippen molar-refractivity contribution < 1.29 is 19.1 Å². The molecule has 0 saturated carbocycles. The molecule has 2 N–H and O–H groups in total. The van der Waals surface area contributed by atoms with Gasteiger partial charge in [0.2, 0.25) is 0 Å². The molecule has 0 bridgehead atoms. The molecule has 0 unspecified atom stereocenters. The van der Waals surface area contributed by atoms with Crippen molar-refractivity contribution in [2.45, 2.75) is 6.04 Å². The van der Waals surface area contributed by atoms with Crippen LogP contribution in [0.25, 0.3) is 0 Å². The monoisotopic (exact) mass is 465 g/mol. The SMILES string of the molecule is COc1ccc([C@@H](CNC(=O)c2cccc(NC(=O)c3cccs3)c2)N2CCOCC2)cc1. The van der Waals surface area contributed by atoms with E-state index in [0.29, 0.717) is 35.9 Å². The maximum Gasteiger partial charge on any atom is 0.265 e. The fourth-order valence-corrected chi connectivity index (χ4v) is 4.42. The third kappa shape index (κ3) is 5.98. The molecule has 2 heterocycles. The Morgan fingerprint density at radius 3 is 2.55 bits per heavy atom. The minimum absolute atomic E-state index is 0.0190. The number of morpholine rings is 1. The lowest BCUT2D eigenvalue weighted by Gasteiger charge is -2.35. The molecule has 172 valence electrons. The van der Waals surface area contributed by atoms with Crippen LogP contribution < -0.4 is 15.4 Å². The third-order valence-electron chi connectivity index (χ3n) is 5.57. The molecule has 1 fully saturated rings. The molecule has 1 saturated heterocycles. The van der Waals surface area contributed by atoms with E-state index in [1.54, 1.807) is 37.4 Å². The third-order valence-corrected chi connectivity index (χ3v) is 6.44.